The Balaban J connectivity index is 2.17. The Hall–Kier alpha value is -0.590. The van der Waals surface area contributed by atoms with Crippen molar-refractivity contribution < 1.29 is 4.79 Å². The molecule has 0 spiro atoms. The molecule has 0 unspecified atom stereocenters. The van der Waals surface area contributed by atoms with E-state index in [2.05, 4.69) is 19.1 Å². The first-order valence-electron chi connectivity index (χ1n) is 4.42. The summed E-state index contributed by atoms with van der Waals surface area (Å²) in [6, 6.07) is 0. The van der Waals surface area contributed by atoms with E-state index < -0.39 is 0 Å². The van der Waals surface area contributed by atoms with E-state index in [-0.39, 0.29) is 0 Å². The SMILES string of the molecule is CCC/C=C/[C@@H]1C[C@H]1C(C)=O. The van der Waals surface area contributed by atoms with Crippen molar-refractivity contribution in [2.75, 3.05) is 0 Å². The molecule has 11 heavy (non-hydrogen) atoms. The molecule has 0 bridgehead atoms. The number of hydrogen-bond donors (Lipinski definition) is 0. The second-order valence-corrected chi connectivity index (χ2v) is 3.33. The topological polar surface area (TPSA) is 17.1 Å². The van der Waals surface area contributed by atoms with Gasteiger partial charge in [0.2, 0.25) is 0 Å². The van der Waals surface area contributed by atoms with E-state index in [1.54, 1.807) is 6.92 Å². The van der Waals surface area contributed by atoms with Crippen LogP contribution in [0.2, 0.25) is 0 Å². The zero-order valence-corrected chi connectivity index (χ0v) is 7.34. The maximum absolute atomic E-state index is 10.8. The highest BCUT2D eigenvalue weighted by molar-refractivity contribution is 5.81. The zero-order valence-electron chi connectivity index (χ0n) is 7.34. The zero-order chi connectivity index (χ0) is 8.27. The van der Waals surface area contributed by atoms with E-state index in [0.29, 0.717) is 17.6 Å². The molecule has 1 aliphatic carbocycles. The van der Waals surface area contributed by atoms with Gasteiger partial charge in [-0.1, -0.05) is 25.5 Å². The van der Waals surface area contributed by atoms with Gasteiger partial charge in [-0.25, -0.2) is 0 Å². The largest absolute Gasteiger partial charge is 0.300 e. The van der Waals surface area contributed by atoms with Gasteiger partial charge >= 0.3 is 0 Å². The fourth-order valence-electron chi connectivity index (χ4n) is 1.33. The molecular weight excluding hydrogens is 136 g/mol. The van der Waals surface area contributed by atoms with Crippen LogP contribution in [-0.4, -0.2) is 5.78 Å². The summed E-state index contributed by atoms with van der Waals surface area (Å²) < 4.78 is 0. The first kappa shape index (κ1) is 8.51. The third-order valence-electron chi connectivity index (χ3n) is 2.20. The summed E-state index contributed by atoms with van der Waals surface area (Å²) in [6.07, 6.45) is 7.85. The maximum Gasteiger partial charge on any atom is 0.133 e. The molecule has 0 aromatic rings. The van der Waals surface area contributed by atoms with Crippen LogP contribution in [0.25, 0.3) is 0 Å². The second-order valence-electron chi connectivity index (χ2n) is 3.33. The molecule has 0 heterocycles. The average Bonchev–Trinajstić information content (AvgIpc) is 2.68. The monoisotopic (exact) mass is 152 g/mol. The third-order valence-corrected chi connectivity index (χ3v) is 2.20. The summed E-state index contributed by atoms with van der Waals surface area (Å²) in [4.78, 5) is 10.8. The first-order valence-corrected chi connectivity index (χ1v) is 4.42. The third kappa shape index (κ3) is 2.49. The Morgan fingerprint density at radius 1 is 1.64 bits per heavy atom. The van der Waals surface area contributed by atoms with Gasteiger partial charge in [0.25, 0.3) is 0 Å². The molecule has 0 amide bonds. The van der Waals surface area contributed by atoms with Crippen molar-refractivity contribution in [1.82, 2.24) is 0 Å². The molecule has 1 rings (SSSR count). The number of ketones is 1. The lowest BCUT2D eigenvalue weighted by Crippen LogP contribution is -1.93. The molecule has 1 heteroatoms. The molecule has 1 nitrogen and oxygen atoms in total. The lowest BCUT2D eigenvalue weighted by Gasteiger charge is -1.86. The van der Waals surface area contributed by atoms with Crippen LogP contribution in [-0.2, 0) is 4.79 Å². The van der Waals surface area contributed by atoms with Crippen LogP contribution in [0.1, 0.15) is 33.1 Å². The van der Waals surface area contributed by atoms with Crippen molar-refractivity contribution in [3.8, 4) is 0 Å². The van der Waals surface area contributed by atoms with Gasteiger partial charge in [-0.05, 0) is 25.7 Å². The smallest absolute Gasteiger partial charge is 0.133 e. The van der Waals surface area contributed by atoms with E-state index >= 15 is 0 Å². The van der Waals surface area contributed by atoms with Gasteiger partial charge < -0.3 is 0 Å². The van der Waals surface area contributed by atoms with Gasteiger partial charge in [-0.2, -0.15) is 0 Å². The molecule has 0 aliphatic heterocycles. The average molecular weight is 152 g/mol. The van der Waals surface area contributed by atoms with Crippen LogP contribution in [0.4, 0.5) is 0 Å². The second kappa shape index (κ2) is 3.70. The van der Waals surface area contributed by atoms with Gasteiger partial charge in [0.1, 0.15) is 5.78 Å². The van der Waals surface area contributed by atoms with Gasteiger partial charge in [0, 0.05) is 5.92 Å². The lowest BCUT2D eigenvalue weighted by molar-refractivity contribution is -0.118. The fourth-order valence-corrected chi connectivity index (χ4v) is 1.33. The summed E-state index contributed by atoms with van der Waals surface area (Å²) in [6.45, 7) is 3.86. The molecule has 0 saturated heterocycles. The highest BCUT2D eigenvalue weighted by atomic mass is 16.1. The van der Waals surface area contributed by atoms with E-state index in [1.165, 1.54) is 6.42 Å². The number of unbranched alkanes of at least 4 members (excludes halogenated alkanes) is 1. The van der Waals surface area contributed by atoms with Crippen molar-refractivity contribution in [1.29, 1.82) is 0 Å². The molecular formula is C10H16O. The molecule has 0 radical (unpaired) electrons. The molecule has 0 N–H and O–H groups in total. The summed E-state index contributed by atoms with van der Waals surface area (Å²) in [5.74, 6) is 1.30. The van der Waals surface area contributed by atoms with E-state index in [9.17, 15) is 4.79 Å². The molecule has 1 fully saturated rings. The molecule has 62 valence electrons. The number of Topliss-reactive ketones (excluding diaryl/α,β-unsaturated/α-hetero) is 1. The van der Waals surface area contributed by atoms with Crippen molar-refractivity contribution in [2.24, 2.45) is 11.8 Å². The van der Waals surface area contributed by atoms with Crippen molar-refractivity contribution >= 4 is 5.78 Å². The minimum atomic E-state index is 0.358. The number of hydrogen-bond acceptors (Lipinski definition) is 1. The molecule has 2 atom stereocenters. The number of carbonyl (C=O) groups is 1. The maximum atomic E-state index is 10.8. The molecule has 1 saturated carbocycles. The van der Waals surface area contributed by atoms with Crippen molar-refractivity contribution in [2.45, 2.75) is 33.1 Å². The Morgan fingerprint density at radius 3 is 2.82 bits per heavy atom. The summed E-state index contributed by atoms with van der Waals surface area (Å²) in [7, 11) is 0. The highest BCUT2D eigenvalue weighted by Gasteiger charge is 2.38. The molecule has 1 aliphatic rings. The Labute approximate surface area is 68.5 Å². The van der Waals surface area contributed by atoms with Crippen molar-refractivity contribution in [3.05, 3.63) is 12.2 Å². The predicted octanol–water partition coefficient (Wildman–Crippen LogP) is 2.57. The summed E-state index contributed by atoms with van der Waals surface area (Å²) in [5.41, 5.74) is 0. The lowest BCUT2D eigenvalue weighted by atomic mass is 10.2. The Bertz CT molecular complexity index is 170. The minimum absolute atomic E-state index is 0.358. The van der Waals surface area contributed by atoms with Crippen LogP contribution >= 0.6 is 0 Å². The normalized spacial score (nSPS) is 29.3. The van der Waals surface area contributed by atoms with Gasteiger partial charge in [0.05, 0.1) is 0 Å². The van der Waals surface area contributed by atoms with Crippen LogP contribution in [0.5, 0.6) is 0 Å². The first-order chi connectivity index (χ1) is 5.25. The van der Waals surface area contributed by atoms with Crippen LogP contribution in [0.3, 0.4) is 0 Å². The minimum Gasteiger partial charge on any atom is -0.300 e. The predicted molar refractivity (Wildman–Crippen MR) is 46.3 cm³/mol. The highest BCUT2D eigenvalue weighted by Crippen LogP contribution is 2.40. The Kier molecular flexibility index (Phi) is 2.86. The number of rotatable bonds is 4. The van der Waals surface area contributed by atoms with Gasteiger partial charge in [0.15, 0.2) is 0 Å². The quantitative estimate of drug-likeness (QED) is 0.566. The van der Waals surface area contributed by atoms with Crippen LogP contribution < -0.4 is 0 Å². The molecule has 0 aromatic carbocycles. The number of allylic oxidation sites excluding steroid dienone is 2. The van der Waals surface area contributed by atoms with E-state index in [4.69, 9.17) is 0 Å². The van der Waals surface area contributed by atoms with Crippen molar-refractivity contribution in [3.63, 3.8) is 0 Å². The fraction of sp³-hybridized carbons (Fsp3) is 0.700. The van der Waals surface area contributed by atoms with Crippen LogP contribution in [0.15, 0.2) is 12.2 Å². The number of carbonyl (C=O) groups excluding carboxylic acids is 1. The standard InChI is InChI=1S/C10H16O/c1-3-4-5-6-9-7-10(9)8(2)11/h5-6,9-10H,3-4,7H2,1-2H3/b6-5+/t9-,10+/m1/s1. The van der Waals surface area contributed by atoms with E-state index in [1.807, 2.05) is 0 Å². The van der Waals surface area contributed by atoms with Crippen LogP contribution in [0, 0.1) is 11.8 Å². The van der Waals surface area contributed by atoms with Gasteiger partial charge in [-0.15, -0.1) is 0 Å². The summed E-state index contributed by atoms with van der Waals surface area (Å²) in [5, 5.41) is 0. The molecule has 0 aromatic heterocycles. The van der Waals surface area contributed by atoms with Gasteiger partial charge in [-0.3, -0.25) is 4.79 Å². The Morgan fingerprint density at radius 2 is 2.36 bits per heavy atom. The summed E-state index contributed by atoms with van der Waals surface area (Å²) >= 11 is 0. The van der Waals surface area contributed by atoms with E-state index in [0.717, 1.165) is 12.8 Å².